The maximum absolute atomic E-state index is 14.7. The number of fused-ring (bicyclic) bond motifs is 1. The molecule has 2 N–H and O–H groups in total. The molecule has 3 heterocycles. The topological polar surface area (TPSA) is 132 Å². The van der Waals surface area contributed by atoms with Crippen LogP contribution in [0.2, 0.25) is 0 Å². The Hall–Kier alpha value is -6.81. The summed E-state index contributed by atoms with van der Waals surface area (Å²) in [6.45, 7) is 14.3. The summed E-state index contributed by atoms with van der Waals surface area (Å²) in [4.78, 5) is 18.5. The summed E-state index contributed by atoms with van der Waals surface area (Å²) >= 11 is 0. The fraction of sp³-hybridized carbons (Fsp3) is 0.418. The molecule has 80 heavy (non-hydrogen) atoms. The van der Waals surface area contributed by atoms with E-state index in [0.29, 0.717) is 31.5 Å². The number of rotatable bonds is 22. The van der Waals surface area contributed by atoms with Gasteiger partial charge in [0, 0.05) is 31.7 Å². The first-order valence-corrected chi connectivity index (χ1v) is 28.5. The highest BCUT2D eigenvalue weighted by Gasteiger charge is 2.55. The molecule has 0 spiro atoms. The third-order valence-corrected chi connectivity index (χ3v) is 15.3. The fourth-order valence-corrected chi connectivity index (χ4v) is 11.4. The number of hydrogen-bond acceptors (Lipinski definition) is 9. The summed E-state index contributed by atoms with van der Waals surface area (Å²) in [5.74, 6) is -2.64. The number of halogens is 2. The summed E-state index contributed by atoms with van der Waals surface area (Å²) in [6.07, 6.45) is 5.58. The Balaban J connectivity index is 0.000000211. The Labute approximate surface area is 472 Å². The molecule has 6 aromatic rings. The molecule has 0 aromatic heterocycles. The summed E-state index contributed by atoms with van der Waals surface area (Å²) in [7, 11) is 0. The van der Waals surface area contributed by atoms with Crippen molar-refractivity contribution in [3.63, 3.8) is 0 Å². The standard InChI is InChI=1S/C34H38FN3O3.C33H40FN3O2/c1-4-5-18-37-29(20-24-12-8-6-9-13-24)31-32(41-34(2,3)40-31)30(21-25-14-10-7-11-15-25)38(33(37)39)23-26-16-17-28(35)27(19-26)22-36;1-4-5-18-36-29(20-24-12-8-6-9-13-24)31-32(39-33(2,3)38-31)30(21-25-14-10-7-11-15-25)37-23-26-16-17-28(34)27(19-26)22-35/h6-17,19,29-32H,4-5,18,20-21,23H2,1-3H3;6-17,19,29-32,36-37H,4-5,18,20-21,23H2,1-3H3/t2*29-,30-,31?,32?/m11/s1. The van der Waals surface area contributed by atoms with E-state index in [1.54, 1.807) is 24.3 Å². The van der Waals surface area contributed by atoms with Crippen LogP contribution in [0.15, 0.2) is 158 Å². The molecule has 3 fully saturated rings. The molecule has 4 unspecified atom stereocenters. The van der Waals surface area contributed by atoms with E-state index in [0.717, 1.165) is 61.8 Å². The zero-order valence-electron chi connectivity index (χ0n) is 47.2. The van der Waals surface area contributed by atoms with Crippen LogP contribution in [-0.4, -0.2) is 89.1 Å². The van der Waals surface area contributed by atoms with Crippen LogP contribution in [0.4, 0.5) is 13.6 Å². The van der Waals surface area contributed by atoms with Gasteiger partial charge in [-0.15, -0.1) is 0 Å². The van der Waals surface area contributed by atoms with Crippen molar-refractivity contribution < 1.29 is 32.5 Å². The Bertz CT molecular complexity index is 2990. The summed E-state index contributed by atoms with van der Waals surface area (Å²) in [6, 6.07) is 53.5. The number of amides is 2. The molecule has 0 bridgehead atoms. The summed E-state index contributed by atoms with van der Waals surface area (Å²) in [5.41, 5.74) is 6.22. The van der Waals surface area contributed by atoms with E-state index in [2.05, 4.69) is 85.1 Å². The molecular formula is C67H78F2N6O5. The van der Waals surface area contributed by atoms with E-state index in [1.807, 2.05) is 110 Å². The van der Waals surface area contributed by atoms with Crippen LogP contribution in [0, 0.1) is 34.3 Å². The number of carbonyl (C=O) groups is 1. The highest BCUT2D eigenvalue weighted by molar-refractivity contribution is 5.76. The molecule has 3 saturated heterocycles. The minimum absolute atomic E-state index is 0.0337. The zero-order valence-corrected chi connectivity index (χ0v) is 47.2. The number of nitrogens with zero attached hydrogens (tertiary/aromatic N) is 4. The van der Waals surface area contributed by atoms with E-state index < -0.39 is 29.3 Å². The molecular weight excluding hydrogens is 1010 g/mol. The van der Waals surface area contributed by atoms with E-state index in [4.69, 9.17) is 18.9 Å². The predicted octanol–water partition coefficient (Wildman–Crippen LogP) is 12.4. The van der Waals surface area contributed by atoms with Crippen molar-refractivity contribution in [1.29, 1.82) is 10.5 Å². The van der Waals surface area contributed by atoms with Crippen LogP contribution in [0.1, 0.15) is 112 Å². The van der Waals surface area contributed by atoms with Crippen LogP contribution in [0.5, 0.6) is 0 Å². The first-order valence-electron chi connectivity index (χ1n) is 28.5. The number of carbonyl (C=O) groups excluding carboxylic acids is 1. The first kappa shape index (κ1) is 59.3. The van der Waals surface area contributed by atoms with Crippen LogP contribution in [0.3, 0.4) is 0 Å². The molecule has 13 heteroatoms. The van der Waals surface area contributed by atoms with Gasteiger partial charge in [-0.1, -0.05) is 160 Å². The number of hydrogen-bond donors (Lipinski definition) is 2. The largest absolute Gasteiger partial charge is 0.343 e. The van der Waals surface area contributed by atoms with Crippen molar-refractivity contribution in [3.8, 4) is 12.1 Å². The van der Waals surface area contributed by atoms with Crippen molar-refractivity contribution in [2.45, 2.75) is 166 Å². The smallest absolute Gasteiger partial charge is 0.321 e. The van der Waals surface area contributed by atoms with Gasteiger partial charge in [0.2, 0.25) is 0 Å². The average molecular weight is 1090 g/mol. The van der Waals surface area contributed by atoms with Gasteiger partial charge in [0.05, 0.1) is 23.2 Å². The molecule has 2 amide bonds. The molecule has 11 nitrogen and oxygen atoms in total. The van der Waals surface area contributed by atoms with Crippen LogP contribution < -0.4 is 10.6 Å². The van der Waals surface area contributed by atoms with Crippen LogP contribution in [-0.2, 0) is 57.7 Å². The molecule has 0 saturated carbocycles. The number of nitrogens with one attached hydrogen (secondary N) is 2. The van der Waals surface area contributed by atoms with Gasteiger partial charge in [0.25, 0.3) is 0 Å². The van der Waals surface area contributed by atoms with Gasteiger partial charge in [-0.3, -0.25) is 0 Å². The van der Waals surface area contributed by atoms with Gasteiger partial charge in [-0.2, -0.15) is 10.5 Å². The Morgan fingerprint density at radius 3 is 1.44 bits per heavy atom. The third kappa shape index (κ3) is 15.8. The van der Waals surface area contributed by atoms with Gasteiger partial charge in [-0.05, 0) is 130 Å². The van der Waals surface area contributed by atoms with Gasteiger partial charge < -0.3 is 39.4 Å². The number of urea groups is 1. The molecule has 3 aliphatic heterocycles. The molecule has 420 valence electrons. The average Bonchev–Trinajstić information content (AvgIpc) is 3.96. The van der Waals surface area contributed by atoms with Crippen LogP contribution in [0.25, 0.3) is 0 Å². The fourth-order valence-electron chi connectivity index (χ4n) is 11.4. The second-order valence-electron chi connectivity index (χ2n) is 22.2. The van der Waals surface area contributed by atoms with Crippen molar-refractivity contribution in [2.24, 2.45) is 0 Å². The molecule has 0 radical (unpaired) electrons. The van der Waals surface area contributed by atoms with E-state index in [1.165, 1.54) is 23.3 Å². The van der Waals surface area contributed by atoms with Gasteiger partial charge in [0.1, 0.15) is 48.2 Å². The molecule has 3 aliphatic rings. The van der Waals surface area contributed by atoms with Crippen molar-refractivity contribution in [1.82, 2.24) is 20.4 Å². The summed E-state index contributed by atoms with van der Waals surface area (Å²) < 4.78 is 54.8. The quantitative estimate of drug-likeness (QED) is 0.0638. The van der Waals surface area contributed by atoms with Gasteiger partial charge in [0.15, 0.2) is 11.6 Å². The maximum Gasteiger partial charge on any atom is 0.321 e. The lowest BCUT2D eigenvalue weighted by Crippen LogP contribution is -2.54. The number of nitriles is 2. The second kappa shape index (κ2) is 28.1. The van der Waals surface area contributed by atoms with Crippen molar-refractivity contribution in [2.75, 3.05) is 13.1 Å². The highest BCUT2D eigenvalue weighted by Crippen LogP contribution is 2.41. The highest BCUT2D eigenvalue weighted by atomic mass is 19.1. The third-order valence-electron chi connectivity index (χ3n) is 15.3. The van der Waals surface area contributed by atoms with Crippen LogP contribution >= 0.6 is 0 Å². The molecule has 8 atom stereocenters. The lowest BCUT2D eigenvalue weighted by atomic mass is 9.91. The second-order valence-corrected chi connectivity index (χ2v) is 22.2. The van der Waals surface area contributed by atoms with E-state index in [-0.39, 0.29) is 66.2 Å². The van der Waals surface area contributed by atoms with E-state index in [9.17, 15) is 24.1 Å². The zero-order chi connectivity index (χ0) is 56.7. The molecule has 0 aliphatic carbocycles. The lowest BCUT2D eigenvalue weighted by Gasteiger charge is -2.37. The lowest BCUT2D eigenvalue weighted by molar-refractivity contribution is -0.157. The minimum atomic E-state index is -0.828. The molecule has 9 rings (SSSR count). The van der Waals surface area contributed by atoms with Gasteiger partial charge >= 0.3 is 6.03 Å². The number of unbranched alkanes of at least 4 members (excludes halogenated alkanes) is 2. The minimum Gasteiger partial charge on any atom is -0.343 e. The van der Waals surface area contributed by atoms with Gasteiger partial charge in [-0.25, -0.2) is 13.6 Å². The van der Waals surface area contributed by atoms with Crippen molar-refractivity contribution in [3.05, 3.63) is 214 Å². The SMILES string of the molecule is CCCCN1C(=O)N(Cc2ccc(F)c(C#N)c2)[C@H](Cc2ccccc2)C2OC(C)(C)OC2[C@H]1Cc1ccccc1.CCCCN[C@H](Cc1ccccc1)C1OC(C)(C)OC1[C@@H](Cc1ccccc1)NCc1ccc(F)c(C#N)c1. The number of ether oxygens (including phenoxy) is 4. The molecule has 6 aromatic carbocycles. The van der Waals surface area contributed by atoms with E-state index >= 15 is 0 Å². The first-order chi connectivity index (χ1) is 38.7. The Kier molecular flexibility index (Phi) is 20.8. The summed E-state index contributed by atoms with van der Waals surface area (Å²) in [5, 5.41) is 26.2. The Morgan fingerprint density at radius 2 is 0.963 bits per heavy atom. The predicted molar refractivity (Wildman–Crippen MR) is 308 cm³/mol. The van der Waals surface area contributed by atoms with Crippen molar-refractivity contribution >= 4 is 6.03 Å². The monoisotopic (exact) mass is 1080 g/mol. The Morgan fingerprint density at radius 1 is 0.537 bits per heavy atom. The normalized spacial score (nSPS) is 21.8. The number of benzene rings is 6. The maximum atomic E-state index is 14.7.